The van der Waals surface area contributed by atoms with Crippen LogP contribution in [0.3, 0.4) is 0 Å². The first-order valence-corrected chi connectivity index (χ1v) is 25.1. The van der Waals surface area contributed by atoms with Gasteiger partial charge in [0.15, 0.2) is 0 Å². The highest BCUT2D eigenvalue weighted by atomic mass is 32.2. The lowest BCUT2D eigenvalue weighted by Crippen LogP contribution is -2.64. The van der Waals surface area contributed by atoms with Gasteiger partial charge in [-0.15, -0.1) is 47.0 Å². The molecule has 0 saturated carbocycles. The van der Waals surface area contributed by atoms with Crippen LogP contribution in [0.4, 0.5) is 0 Å². The fourth-order valence-electron chi connectivity index (χ4n) is 6.73. The molecule has 0 radical (unpaired) electrons. The molecular formula is C36H58O7S4Si2. The largest absolute Gasteiger partial charge is 0.497 e. The molecule has 13 heteroatoms. The molecule has 6 atom stereocenters. The van der Waals surface area contributed by atoms with Crippen LogP contribution in [0.15, 0.2) is 58.3 Å². The van der Waals surface area contributed by atoms with E-state index in [1.807, 2.05) is 59.9 Å². The Morgan fingerprint density at radius 2 is 1.20 bits per heavy atom. The summed E-state index contributed by atoms with van der Waals surface area (Å²) in [7, 11) is -1.59. The minimum atomic E-state index is -2.50. The number of fused-ring (bicyclic) bond motifs is 1. The van der Waals surface area contributed by atoms with Gasteiger partial charge in [-0.1, -0.05) is 55.4 Å². The van der Waals surface area contributed by atoms with E-state index >= 15 is 0 Å². The van der Waals surface area contributed by atoms with Crippen molar-refractivity contribution in [1.82, 2.24) is 0 Å². The second-order valence-electron chi connectivity index (χ2n) is 14.1. The van der Waals surface area contributed by atoms with E-state index < -0.39 is 17.1 Å². The van der Waals surface area contributed by atoms with E-state index in [4.69, 9.17) is 27.5 Å². The number of benzene rings is 2. The molecular weight excluding hydrogens is 729 g/mol. The number of aliphatic hydroxyl groups excluding tert-OH is 2. The van der Waals surface area contributed by atoms with E-state index in [-0.39, 0.29) is 24.1 Å². The fraction of sp³-hybridized carbons (Fsp3) is 0.667. The molecule has 0 bridgehead atoms. The maximum Gasteiger partial charge on any atom is 0.334 e. The molecule has 3 aliphatic heterocycles. The second-order valence-corrected chi connectivity index (χ2v) is 29.0. The summed E-state index contributed by atoms with van der Waals surface area (Å²) in [5.41, 5.74) is 1.55. The quantitative estimate of drug-likeness (QED) is 0.214. The molecule has 3 heterocycles. The van der Waals surface area contributed by atoms with Crippen LogP contribution in [0, 0.1) is 0 Å². The first kappa shape index (κ1) is 41.4. The molecule has 0 aromatic heterocycles. The zero-order valence-electron chi connectivity index (χ0n) is 30.8. The van der Waals surface area contributed by atoms with E-state index in [0.29, 0.717) is 36.6 Å². The third-order valence-corrected chi connectivity index (χ3v) is 25.7. The summed E-state index contributed by atoms with van der Waals surface area (Å²) in [6.07, 6.45) is 1.57. The minimum absolute atomic E-state index is 0.0363. The Morgan fingerprint density at radius 3 is 1.61 bits per heavy atom. The highest BCUT2D eigenvalue weighted by molar-refractivity contribution is 8.18. The topological polar surface area (TPSA) is 86.6 Å². The summed E-state index contributed by atoms with van der Waals surface area (Å²) in [5.74, 6) is 1.75. The monoisotopic (exact) mass is 786 g/mol. The number of hydrogen-bond donors (Lipinski definition) is 2. The highest BCUT2D eigenvalue weighted by Crippen LogP contribution is 2.52. The number of hydrogen-bond acceptors (Lipinski definition) is 11. The number of rotatable bonds is 11. The molecule has 3 aliphatic rings. The Kier molecular flexibility index (Phi) is 15.7. The fourth-order valence-corrected chi connectivity index (χ4v) is 24.2. The van der Waals surface area contributed by atoms with Gasteiger partial charge in [0, 0.05) is 9.79 Å². The van der Waals surface area contributed by atoms with E-state index in [0.717, 1.165) is 35.8 Å². The minimum Gasteiger partial charge on any atom is -0.497 e. The summed E-state index contributed by atoms with van der Waals surface area (Å²) in [6, 6.07) is 16.3. The van der Waals surface area contributed by atoms with Crippen LogP contribution in [0.25, 0.3) is 0 Å². The molecule has 3 saturated heterocycles. The van der Waals surface area contributed by atoms with Crippen LogP contribution in [0.1, 0.15) is 68.2 Å². The molecule has 0 aliphatic carbocycles. The van der Waals surface area contributed by atoms with Gasteiger partial charge in [-0.2, -0.15) is 0 Å². The number of ether oxygens (including phenoxy) is 2. The Balaban J connectivity index is 0.000000266. The zero-order chi connectivity index (χ0) is 35.9. The van der Waals surface area contributed by atoms with Gasteiger partial charge in [0.1, 0.15) is 11.5 Å². The molecule has 3 fully saturated rings. The van der Waals surface area contributed by atoms with Crippen molar-refractivity contribution in [2.75, 3.05) is 27.4 Å². The van der Waals surface area contributed by atoms with Crippen molar-refractivity contribution in [2.45, 2.75) is 132 Å². The predicted octanol–water partition coefficient (Wildman–Crippen LogP) is 9.55. The first-order valence-electron chi connectivity index (χ1n) is 17.5. The molecule has 2 N–H and O–H groups in total. The average Bonchev–Trinajstić information content (AvgIpc) is 3.61. The van der Waals surface area contributed by atoms with E-state index in [1.54, 1.807) is 37.7 Å². The van der Waals surface area contributed by atoms with Crippen molar-refractivity contribution in [3.05, 3.63) is 48.5 Å². The van der Waals surface area contributed by atoms with Crippen LogP contribution >= 0.6 is 47.0 Å². The maximum absolute atomic E-state index is 9.71. The lowest BCUT2D eigenvalue weighted by Gasteiger charge is -2.51. The van der Waals surface area contributed by atoms with Gasteiger partial charge in [0.05, 0.1) is 59.3 Å². The van der Waals surface area contributed by atoms with Gasteiger partial charge in [-0.25, -0.2) is 0 Å². The smallest absolute Gasteiger partial charge is 0.334 e. The summed E-state index contributed by atoms with van der Waals surface area (Å²) in [5, 5.41) is 19.1. The number of aliphatic hydroxyl groups is 2. The molecule has 276 valence electrons. The van der Waals surface area contributed by atoms with Crippen LogP contribution in [-0.4, -0.2) is 86.6 Å². The lowest BCUT2D eigenvalue weighted by atomic mass is 10.2. The second kappa shape index (κ2) is 18.6. The summed E-state index contributed by atoms with van der Waals surface area (Å²) < 4.78 is 32.6. The van der Waals surface area contributed by atoms with Gasteiger partial charge < -0.3 is 32.7 Å². The van der Waals surface area contributed by atoms with Crippen molar-refractivity contribution in [2.24, 2.45) is 0 Å². The standard InChI is InChI=1S/C24H42O4S2Si2.C12H16O3S2/c1-16(2)31(17(3)4)26-15-23-22(27-32(28-31,18(5)6)19(7)8)14-24(30-23)29-21-12-10-20(25-9)11-13-21;1-15-8-2-4-9(5-3-8)16-12-6-10(14)11(7-13)17-12/h10-13,16-19,22-24H,14-15H2,1-9H3;2-5,10-14H,6-7H2,1H3/t22-,23+,24?;10-,11+,12?/m00/s1. The Morgan fingerprint density at radius 1 is 0.735 bits per heavy atom. The average molecular weight is 787 g/mol. The van der Waals surface area contributed by atoms with Crippen molar-refractivity contribution < 1.29 is 32.7 Å². The van der Waals surface area contributed by atoms with E-state index in [2.05, 4.69) is 67.5 Å². The van der Waals surface area contributed by atoms with E-state index in [9.17, 15) is 5.11 Å². The van der Waals surface area contributed by atoms with Crippen molar-refractivity contribution >= 4 is 64.2 Å². The van der Waals surface area contributed by atoms with Crippen LogP contribution in [0.2, 0.25) is 22.2 Å². The lowest BCUT2D eigenvalue weighted by molar-refractivity contribution is 0.0739. The van der Waals surface area contributed by atoms with E-state index in [1.165, 1.54) is 4.90 Å². The van der Waals surface area contributed by atoms with Crippen LogP contribution < -0.4 is 9.47 Å². The Bertz CT molecular complexity index is 1270. The normalized spacial score (nSPS) is 27.8. The Labute approximate surface area is 314 Å². The molecule has 7 nitrogen and oxygen atoms in total. The van der Waals surface area contributed by atoms with Crippen LogP contribution in [-0.2, 0) is 13.0 Å². The molecule has 2 aromatic rings. The van der Waals surface area contributed by atoms with Gasteiger partial charge in [0.25, 0.3) is 0 Å². The summed E-state index contributed by atoms with van der Waals surface area (Å²) >= 11 is 7.36. The molecule has 0 spiro atoms. The van der Waals surface area contributed by atoms with Gasteiger partial charge in [-0.3, -0.25) is 0 Å². The third-order valence-electron chi connectivity index (χ3n) is 9.54. The van der Waals surface area contributed by atoms with Gasteiger partial charge >= 0.3 is 17.1 Å². The summed E-state index contributed by atoms with van der Waals surface area (Å²) in [6.45, 7) is 19.1. The molecule has 0 amide bonds. The molecule has 2 unspecified atom stereocenters. The summed E-state index contributed by atoms with van der Waals surface area (Å²) in [4.78, 5) is 2.44. The predicted molar refractivity (Wildman–Crippen MR) is 214 cm³/mol. The highest BCUT2D eigenvalue weighted by Gasteiger charge is 2.59. The van der Waals surface area contributed by atoms with Crippen molar-refractivity contribution in [1.29, 1.82) is 0 Å². The van der Waals surface area contributed by atoms with Crippen molar-refractivity contribution in [3.8, 4) is 11.5 Å². The third kappa shape index (κ3) is 10.2. The van der Waals surface area contributed by atoms with Crippen LogP contribution in [0.5, 0.6) is 11.5 Å². The van der Waals surface area contributed by atoms with Crippen molar-refractivity contribution in [3.63, 3.8) is 0 Å². The first-order chi connectivity index (χ1) is 23.3. The molecule has 2 aromatic carbocycles. The zero-order valence-corrected chi connectivity index (χ0v) is 36.1. The van der Waals surface area contributed by atoms with Gasteiger partial charge in [0.2, 0.25) is 0 Å². The number of thioether (sulfide) groups is 4. The maximum atomic E-state index is 9.71. The van der Waals surface area contributed by atoms with Gasteiger partial charge in [-0.05, 0) is 83.5 Å². The SMILES string of the molecule is COc1ccc(SC2C[C@@H]3O[Si](C(C)C)(C(C)C)O[Si](C(C)C)(C(C)C)OC[C@H]3S2)cc1.COc1ccc(SC2C[C@H](O)[C@@H](CO)S2)cc1. The molecule has 5 rings (SSSR count). The number of methoxy groups -OCH3 is 2. The molecule has 49 heavy (non-hydrogen) atoms. The Hall–Kier alpha value is -0.326.